The van der Waals surface area contributed by atoms with Crippen molar-refractivity contribution >= 4 is 17.6 Å². The fourth-order valence-electron chi connectivity index (χ4n) is 2.10. The van der Waals surface area contributed by atoms with Gasteiger partial charge in [-0.25, -0.2) is 4.79 Å². The summed E-state index contributed by atoms with van der Waals surface area (Å²) in [6.07, 6.45) is 1.33. The molecule has 2 aromatic carbocycles. The topological polar surface area (TPSA) is 111 Å². The molecule has 0 heterocycles. The van der Waals surface area contributed by atoms with E-state index in [1.54, 1.807) is 7.11 Å². The first kappa shape index (κ1) is 18.5. The summed E-state index contributed by atoms with van der Waals surface area (Å²) in [6.45, 7) is 0.420. The second kappa shape index (κ2) is 8.89. The summed E-state index contributed by atoms with van der Waals surface area (Å²) in [6, 6.07) is 14.9. The van der Waals surface area contributed by atoms with Gasteiger partial charge in [0.1, 0.15) is 17.4 Å². The molecule has 0 saturated heterocycles. The smallest absolute Gasteiger partial charge is 0.335 e. The predicted molar refractivity (Wildman–Crippen MR) is 95.6 cm³/mol. The number of nitrogens with one attached hydrogen (secondary N) is 2. The van der Waals surface area contributed by atoms with Crippen LogP contribution in [-0.2, 0) is 11.3 Å². The Hall–Kier alpha value is -3.79. The molecule has 0 atom stereocenters. The lowest BCUT2D eigenvalue weighted by Crippen LogP contribution is -2.16. The van der Waals surface area contributed by atoms with E-state index < -0.39 is 11.9 Å². The van der Waals surface area contributed by atoms with E-state index in [1.807, 2.05) is 30.3 Å². The number of aromatic carboxylic acids is 1. The molecule has 0 unspecified atom stereocenters. The standard InChI is InChI=1S/C19H17N3O4/c1-26-17-4-2-3-13(9-17)11-21-12-15(10-20)18(23)22-16-7-5-14(6-8-16)19(24)25/h2-9,12,21H,11H2,1H3,(H,22,23)(H,24,25)/b15-12-. The molecule has 0 radical (unpaired) electrons. The number of amides is 1. The number of carboxylic acids is 1. The molecule has 0 aliphatic carbocycles. The Morgan fingerprint density at radius 3 is 2.58 bits per heavy atom. The summed E-state index contributed by atoms with van der Waals surface area (Å²) in [5.74, 6) is -0.924. The molecule has 0 bridgehead atoms. The molecule has 0 fully saturated rings. The Morgan fingerprint density at radius 2 is 1.96 bits per heavy atom. The van der Waals surface area contributed by atoms with Gasteiger partial charge in [0.05, 0.1) is 12.7 Å². The molecule has 7 heteroatoms. The van der Waals surface area contributed by atoms with Crippen LogP contribution in [0, 0.1) is 11.3 Å². The van der Waals surface area contributed by atoms with Gasteiger partial charge in [0.2, 0.25) is 0 Å². The molecule has 0 saturated carbocycles. The van der Waals surface area contributed by atoms with Crippen LogP contribution in [0.4, 0.5) is 5.69 Å². The number of carbonyl (C=O) groups is 2. The molecule has 7 nitrogen and oxygen atoms in total. The molecule has 3 N–H and O–H groups in total. The van der Waals surface area contributed by atoms with Crippen molar-refractivity contribution in [2.24, 2.45) is 0 Å². The Labute approximate surface area is 150 Å². The fraction of sp³-hybridized carbons (Fsp3) is 0.105. The van der Waals surface area contributed by atoms with Gasteiger partial charge in [-0.15, -0.1) is 0 Å². The van der Waals surface area contributed by atoms with E-state index >= 15 is 0 Å². The Bertz CT molecular complexity index is 867. The van der Waals surface area contributed by atoms with Gasteiger partial charge in [-0.3, -0.25) is 4.79 Å². The zero-order chi connectivity index (χ0) is 18.9. The van der Waals surface area contributed by atoms with Crippen LogP contribution in [0.1, 0.15) is 15.9 Å². The lowest BCUT2D eigenvalue weighted by molar-refractivity contribution is -0.112. The zero-order valence-electron chi connectivity index (χ0n) is 14.0. The van der Waals surface area contributed by atoms with Gasteiger partial charge in [-0.1, -0.05) is 12.1 Å². The van der Waals surface area contributed by atoms with Crippen LogP contribution < -0.4 is 15.4 Å². The number of carbonyl (C=O) groups excluding carboxylic acids is 1. The number of ether oxygens (including phenoxy) is 1. The van der Waals surface area contributed by atoms with Crippen LogP contribution in [0.3, 0.4) is 0 Å². The molecule has 2 rings (SSSR count). The Balaban J connectivity index is 1.97. The van der Waals surface area contributed by atoms with Gasteiger partial charge < -0.3 is 20.5 Å². The minimum atomic E-state index is -1.05. The van der Waals surface area contributed by atoms with Crippen molar-refractivity contribution < 1.29 is 19.4 Å². The van der Waals surface area contributed by atoms with Gasteiger partial charge in [0.25, 0.3) is 5.91 Å². The van der Waals surface area contributed by atoms with E-state index in [0.717, 1.165) is 11.3 Å². The first-order valence-corrected chi connectivity index (χ1v) is 7.65. The van der Waals surface area contributed by atoms with Crippen LogP contribution in [0.25, 0.3) is 0 Å². The maximum Gasteiger partial charge on any atom is 0.335 e. The van der Waals surface area contributed by atoms with Crippen molar-refractivity contribution in [1.29, 1.82) is 5.26 Å². The fourth-order valence-corrected chi connectivity index (χ4v) is 2.10. The lowest BCUT2D eigenvalue weighted by atomic mass is 10.2. The Morgan fingerprint density at radius 1 is 1.23 bits per heavy atom. The van der Waals surface area contributed by atoms with Crippen molar-refractivity contribution in [2.75, 3.05) is 12.4 Å². The second-order valence-electron chi connectivity index (χ2n) is 5.24. The zero-order valence-corrected chi connectivity index (χ0v) is 14.0. The molecular formula is C19H17N3O4. The second-order valence-corrected chi connectivity index (χ2v) is 5.24. The normalized spacial score (nSPS) is 10.5. The molecule has 0 spiro atoms. The number of benzene rings is 2. The molecule has 26 heavy (non-hydrogen) atoms. The van der Waals surface area contributed by atoms with E-state index in [-0.39, 0.29) is 11.1 Å². The predicted octanol–water partition coefficient (Wildman–Crippen LogP) is 2.53. The van der Waals surface area contributed by atoms with Crippen molar-refractivity contribution in [3.8, 4) is 11.8 Å². The number of rotatable bonds is 7. The first-order chi connectivity index (χ1) is 12.5. The summed E-state index contributed by atoms with van der Waals surface area (Å²) in [4.78, 5) is 22.9. The van der Waals surface area contributed by atoms with Gasteiger partial charge >= 0.3 is 5.97 Å². The van der Waals surface area contributed by atoms with Gasteiger partial charge in [-0.05, 0) is 42.0 Å². The molecule has 0 aromatic heterocycles. The third-order valence-electron chi connectivity index (χ3n) is 3.44. The maximum atomic E-state index is 12.1. The van der Waals surface area contributed by atoms with E-state index in [9.17, 15) is 9.59 Å². The van der Waals surface area contributed by atoms with E-state index in [0.29, 0.717) is 12.2 Å². The number of carboxylic acid groups (broad SMARTS) is 1. The van der Waals surface area contributed by atoms with Crippen molar-refractivity contribution in [1.82, 2.24) is 5.32 Å². The molecule has 0 aliphatic heterocycles. The number of hydrogen-bond donors (Lipinski definition) is 3. The summed E-state index contributed by atoms with van der Waals surface area (Å²) >= 11 is 0. The monoisotopic (exact) mass is 351 g/mol. The van der Waals surface area contributed by atoms with E-state index in [1.165, 1.54) is 30.5 Å². The summed E-state index contributed by atoms with van der Waals surface area (Å²) in [5, 5.41) is 23.5. The highest BCUT2D eigenvalue weighted by atomic mass is 16.5. The summed E-state index contributed by atoms with van der Waals surface area (Å²) < 4.78 is 5.13. The number of anilines is 1. The van der Waals surface area contributed by atoms with Gasteiger partial charge in [0.15, 0.2) is 0 Å². The number of nitrogens with zero attached hydrogens (tertiary/aromatic N) is 1. The van der Waals surface area contributed by atoms with Crippen LogP contribution in [0.15, 0.2) is 60.3 Å². The minimum Gasteiger partial charge on any atom is -0.497 e. The van der Waals surface area contributed by atoms with Crippen LogP contribution >= 0.6 is 0 Å². The highest BCUT2D eigenvalue weighted by Crippen LogP contribution is 2.13. The SMILES string of the molecule is COc1cccc(CN/C=C(/C#N)C(=O)Nc2ccc(C(=O)O)cc2)c1. The molecule has 1 amide bonds. The largest absolute Gasteiger partial charge is 0.497 e. The number of methoxy groups -OCH3 is 1. The minimum absolute atomic E-state index is 0.102. The maximum absolute atomic E-state index is 12.1. The van der Waals surface area contributed by atoms with Crippen molar-refractivity contribution in [3.63, 3.8) is 0 Å². The van der Waals surface area contributed by atoms with Crippen LogP contribution in [-0.4, -0.2) is 24.1 Å². The quantitative estimate of drug-likeness (QED) is 0.522. The average Bonchev–Trinajstić information content (AvgIpc) is 2.65. The lowest BCUT2D eigenvalue weighted by Gasteiger charge is -2.06. The van der Waals surface area contributed by atoms with E-state index in [4.69, 9.17) is 15.1 Å². The number of nitriles is 1. The third kappa shape index (κ3) is 5.11. The molecule has 132 valence electrons. The average molecular weight is 351 g/mol. The summed E-state index contributed by atoms with van der Waals surface area (Å²) in [5.41, 5.74) is 1.34. The van der Waals surface area contributed by atoms with Gasteiger partial charge in [0, 0.05) is 18.4 Å². The molecule has 2 aromatic rings. The van der Waals surface area contributed by atoms with E-state index in [2.05, 4.69) is 10.6 Å². The summed E-state index contributed by atoms with van der Waals surface area (Å²) in [7, 11) is 1.58. The van der Waals surface area contributed by atoms with Gasteiger partial charge in [-0.2, -0.15) is 5.26 Å². The third-order valence-corrected chi connectivity index (χ3v) is 3.44. The van der Waals surface area contributed by atoms with Crippen molar-refractivity contribution in [2.45, 2.75) is 6.54 Å². The van der Waals surface area contributed by atoms with Crippen molar-refractivity contribution in [3.05, 3.63) is 71.4 Å². The Kier molecular flexibility index (Phi) is 6.34. The highest BCUT2D eigenvalue weighted by molar-refractivity contribution is 6.06. The highest BCUT2D eigenvalue weighted by Gasteiger charge is 2.10. The van der Waals surface area contributed by atoms with Crippen LogP contribution in [0.2, 0.25) is 0 Å². The van der Waals surface area contributed by atoms with Crippen LogP contribution in [0.5, 0.6) is 5.75 Å². The molecular weight excluding hydrogens is 334 g/mol. The number of hydrogen-bond acceptors (Lipinski definition) is 5. The first-order valence-electron chi connectivity index (χ1n) is 7.65. The molecule has 0 aliphatic rings.